The van der Waals surface area contributed by atoms with E-state index in [-0.39, 0.29) is 64.4 Å². The minimum absolute atomic E-state index is 0. The van der Waals surface area contributed by atoms with E-state index in [1.165, 1.54) is 0 Å². The topological polar surface area (TPSA) is 121 Å². The van der Waals surface area contributed by atoms with Gasteiger partial charge in [-0.1, -0.05) is 12.1 Å². The zero-order valence-corrected chi connectivity index (χ0v) is 16.2. The number of urea groups is 1. The fourth-order valence-electron chi connectivity index (χ4n) is 2.61. The van der Waals surface area contributed by atoms with Gasteiger partial charge in [-0.3, -0.25) is 5.10 Å². The summed E-state index contributed by atoms with van der Waals surface area (Å²) in [4.78, 5) is 24.3. The van der Waals surface area contributed by atoms with Crippen LogP contribution in [0.4, 0.5) is 10.5 Å². The van der Waals surface area contributed by atoms with Crippen molar-refractivity contribution in [3.05, 3.63) is 36.5 Å². The number of nitrogens with one attached hydrogen (secondary N) is 2. The van der Waals surface area contributed by atoms with Crippen LogP contribution < -0.4 is 61.8 Å². The van der Waals surface area contributed by atoms with E-state index >= 15 is 0 Å². The molecule has 1 aliphatic heterocycles. The van der Waals surface area contributed by atoms with Crippen LogP contribution in [0.1, 0.15) is 6.42 Å². The van der Waals surface area contributed by atoms with Crippen LogP contribution in [0.2, 0.25) is 0 Å². The van der Waals surface area contributed by atoms with Crippen LogP contribution in [0.25, 0.3) is 11.3 Å². The van der Waals surface area contributed by atoms with Gasteiger partial charge in [-0.25, -0.2) is 4.79 Å². The Bertz CT molecular complexity index is 705. The number of carbonyl (C=O) groups excluding carboxylic acids is 2. The van der Waals surface area contributed by atoms with Crippen molar-refractivity contribution < 1.29 is 71.2 Å². The predicted octanol–water partition coefficient (Wildman–Crippen LogP) is -3.20. The molecule has 1 fully saturated rings. The standard InChI is InChI=1S/C15H16N4O4.K/c20-11-7-13(14(21)22)19(8-11)15(23)17-10-3-1-9(2-4-10)12-5-6-16-18-12;/h1-6,11,13,20H,7-8H2,(H,16,18)(H,17,23)(H,21,22);/q;+1/p-1/t11-,13+;/m1./s1. The summed E-state index contributed by atoms with van der Waals surface area (Å²) in [5.74, 6) is -1.37. The minimum atomic E-state index is -1.37. The SMILES string of the molecule is O=C([O-])[C@@H]1C[C@@H](O)CN1C(=O)Nc1ccc(-c2ccn[nH]2)cc1.[K+]. The quantitative estimate of drug-likeness (QED) is 0.501. The number of β-amino-alcohol motifs (C(OH)–C–C–N with tert-alkyl or cyclic N) is 1. The Balaban J connectivity index is 0.00000208. The number of hydrogen-bond acceptors (Lipinski definition) is 5. The number of nitrogens with zero attached hydrogens (tertiary/aromatic N) is 2. The van der Waals surface area contributed by atoms with Gasteiger partial charge in [0, 0.05) is 24.8 Å². The Labute approximate surface area is 180 Å². The van der Waals surface area contributed by atoms with E-state index in [1.807, 2.05) is 6.07 Å². The molecule has 1 saturated heterocycles. The first-order valence-electron chi connectivity index (χ1n) is 7.11. The minimum Gasteiger partial charge on any atom is -0.548 e. The zero-order chi connectivity index (χ0) is 16.4. The predicted molar refractivity (Wildman–Crippen MR) is 79.2 cm³/mol. The fourth-order valence-corrected chi connectivity index (χ4v) is 2.61. The molecule has 0 spiro atoms. The van der Waals surface area contributed by atoms with Gasteiger partial charge in [-0.2, -0.15) is 5.10 Å². The number of carbonyl (C=O) groups is 2. The molecule has 8 nitrogen and oxygen atoms in total. The van der Waals surface area contributed by atoms with E-state index < -0.39 is 24.1 Å². The van der Waals surface area contributed by atoms with Crippen LogP contribution >= 0.6 is 0 Å². The molecule has 1 aliphatic rings. The van der Waals surface area contributed by atoms with Gasteiger partial charge < -0.3 is 25.2 Å². The maximum atomic E-state index is 12.2. The third kappa shape index (κ3) is 4.24. The first-order valence-corrected chi connectivity index (χ1v) is 7.11. The maximum Gasteiger partial charge on any atom is 1.00 e. The monoisotopic (exact) mass is 354 g/mol. The van der Waals surface area contributed by atoms with Crippen LogP contribution in [-0.2, 0) is 4.79 Å². The molecule has 2 heterocycles. The number of hydrogen-bond donors (Lipinski definition) is 3. The summed E-state index contributed by atoms with van der Waals surface area (Å²) in [6.07, 6.45) is 0.768. The van der Waals surface area contributed by atoms with Crippen LogP contribution in [0.15, 0.2) is 36.5 Å². The first kappa shape index (κ1) is 19.1. The number of aliphatic hydroxyl groups excluding tert-OH is 1. The third-order valence-corrected chi connectivity index (χ3v) is 3.76. The van der Waals surface area contributed by atoms with Gasteiger partial charge in [0.2, 0.25) is 0 Å². The zero-order valence-electron chi connectivity index (χ0n) is 13.1. The van der Waals surface area contributed by atoms with Crippen molar-refractivity contribution in [3.63, 3.8) is 0 Å². The Hall–Kier alpha value is -1.23. The van der Waals surface area contributed by atoms with Crippen molar-refractivity contribution in [3.8, 4) is 11.3 Å². The van der Waals surface area contributed by atoms with Gasteiger partial charge in [0.25, 0.3) is 0 Å². The summed E-state index contributed by atoms with van der Waals surface area (Å²) in [6.45, 7) is -0.0310. The molecule has 2 amide bonds. The molecule has 3 rings (SSSR count). The Morgan fingerprint density at radius 2 is 2.00 bits per heavy atom. The molecule has 1 aromatic heterocycles. The van der Waals surface area contributed by atoms with E-state index in [4.69, 9.17) is 0 Å². The number of aromatic amines is 1. The van der Waals surface area contributed by atoms with Crippen molar-refractivity contribution in [1.82, 2.24) is 15.1 Å². The van der Waals surface area contributed by atoms with Crippen LogP contribution in [0, 0.1) is 0 Å². The number of carboxylic acids is 1. The Morgan fingerprint density at radius 3 is 2.58 bits per heavy atom. The van der Waals surface area contributed by atoms with Crippen LogP contribution in [-0.4, -0.2) is 50.9 Å². The molecule has 0 aliphatic carbocycles. The number of aliphatic hydroxyl groups is 1. The van der Waals surface area contributed by atoms with Gasteiger partial charge in [0.05, 0.1) is 23.8 Å². The second kappa shape index (κ2) is 8.23. The second-order valence-corrected chi connectivity index (χ2v) is 5.35. The summed E-state index contributed by atoms with van der Waals surface area (Å²) in [5, 5.41) is 29.9. The molecule has 2 atom stereocenters. The molecule has 0 radical (unpaired) electrons. The van der Waals surface area contributed by atoms with E-state index in [9.17, 15) is 19.8 Å². The summed E-state index contributed by atoms with van der Waals surface area (Å²) in [5.41, 5.74) is 2.28. The number of H-pyrrole nitrogens is 1. The number of benzene rings is 1. The molecule has 2 aromatic rings. The van der Waals surface area contributed by atoms with Gasteiger partial charge in [0.15, 0.2) is 0 Å². The average Bonchev–Trinajstić information content (AvgIpc) is 3.17. The number of carboxylic acid groups (broad SMARTS) is 1. The molecule has 1 aromatic carbocycles. The molecule has 0 unspecified atom stereocenters. The molecule has 0 saturated carbocycles. The largest absolute Gasteiger partial charge is 1.00 e. The molecule has 0 bridgehead atoms. The number of amides is 2. The Kier molecular flexibility index (Phi) is 6.55. The van der Waals surface area contributed by atoms with Crippen molar-refractivity contribution in [2.24, 2.45) is 0 Å². The number of aromatic nitrogens is 2. The normalized spacial score (nSPS) is 19.6. The number of aliphatic carboxylic acids is 1. The van der Waals surface area contributed by atoms with E-state index in [0.717, 1.165) is 16.2 Å². The van der Waals surface area contributed by atoms with E-state index in [0.29, 0.717) is 5.69 Å². The first-order chi connectivity index (χ1) is 11.0. The third-order valence-electron chi connectivity index (χ3n) is 3.76. The van der Waals surface area contributed by atoms with Gasteiger partial charge in [-0.15, -0.1) is 0 Å². The fraction of sp³-hybridized carbons (Fsp3) is 0.267. The van der Waals surface area contributed by atoms with Gasteiger partial charge >= 0.3 is 57.4 Å². The average molecular weight is 354 g/mol. The van der Waals surface area contributed by atoms with Gasteiger partial charge in [-0.05, 0) is 23.8 Å². The molecule has 24 heavy (non-hydrogen) atoms. The summed E-state index contributed by atoms with van der Waals surface area (Å²) in [7, 11) is 0. The summed E-state index contributed by atoms with van der Waals surface area (Å²) >= 11 is 0. The summed E-state index contributed by atoms with van der Waals surface area (Å²) < 4.78 is 0. The van der Waals surface area contributed by atoms with Crippen LogP contribution in [0.3, 0.4) is 0 Å². The van der Waals surface area contributed by atoms with Crippen LogP contribution in [0.5, 0.6) is 0 Å². The number of rotatable bonds is 3. The van der Waals surface area contributed by atoms with Gasteiger partial charge in [0.1, 0.15) is 0 Å². The molecule has 9 heteroatoms. The number of anilines is 1. The van der Waals surface area contributed by atoms with Crippen molar-refractivity contribution in [2.45, 2.75) is 18.6 Å². The molecular weight excluding hydrogens is 339 g/mol. The van der Waals surface area contributed by atoms with Crippen molar-refractivity contribution in [2.75, 3.05) is 11.9 Å². The summed E-state index contributed by atoms with van der Waals surface area (Å²) in [6, 6.07) is 7.14. The maximum absolute atomic E-state index is 12.2. The molecule has 3 N–H and O–H groups in total. The Morgan fingerprint density at radius 1 is 1.29 bits per heavy atom. The van der Waals surface area contributed by atoms with Crippen molar-refractivity contribution in [1.29, 1.82) is 0 Å². The number of likely N-dealkylation sites (tertiary alicyclic amines) is 1. The van der Waals surface area contributed by atoms with E-state index in [2.05, 4.69) is 15.5 Å². The smallest absolute Gasteiger partial charge is 0.548 e. The second-order valence-electron chi connectivity index (χ2n) is 5.35. The van der Waals surface area contributed by atoms with Crippen molar-refractivity contribution >= 4 is 17.7 Å². The van der Waals surface area contributed by atoms with E-state index in [1.54, 1.807) is 30.5 Å². The molecular formula is C15H15KN4O4. The molecule has 120 valence electrons.